The zero-order valence-electron chi connectivity index (χ0n) is 7.49. The van der Waals surface area contributed by atoms with Crippen LogP contribution >= 0.6 is 0 Å². The van der Waals surface area contributed by atoms with Gasteiger partial charge in [0.1, 0.15) is 12.1 Å². The number of hydrogen-bond acceptors (Lipinski definition) is 2. The van der Waals surface area contributed by atoms with Crippen molar-refractivity contribution in [2.24, 2.45) is 5.73 Å². The van der Waals surface area contributed by atoms with Gasteiger partial charge in [-0.05, 0) is 0 Å². The minimum atomic E-state index is -3.01. The molecule has 0 unspecified atom stereocenters. The highest BCUT2D eigenvalue weighted by atomic mass is 19.3. The molecule has 1 fully saturated rings. The fourth-order valence-electron chi connectivity index (χ4n) is 1.35. The lowest BCUT2D eigenvalue weighted by molar-refractivity contribution is -0.0387. The summed E-state index contributed by atoms with van der Waals surface area (Å²) in [5.74, 6) is -3.01. The Hall–Kier alpha value is -1.00. The Labute approximate surface area is 80.7 Å². The molecule has 1 aromatic rings. The fraction of sp³-hybridized carbons (Fsp3) is 0.400. The van der Waals surface area contributed by atoms with E-state index in [2.05, 4.69) is 0 Å². The maximum Gasteiger partial charge on any atom is 0.290 e. The van der Waals surface area contributed by atoms with Crippen molar-refractivity contribution in [1.82, 2.24) is 0 Å². The number of benzene rings is 1. The molecular weight excluding hydrogens is 188 g/mol. The number of epoxide rings is 1. The standard InChI is InChI=1S/C10H11F2NO/c11-10(12,9(13)8-6-14-8)7-4-2-1-3-5-7/h1-5,8-9H,6,13H2/t8-,9+/m0/s1. The molecule has 2 rings (SSSR count). The van der Waals surface area contributed by atoms with Crippen LogP contribution in [0.25, 0.3) is 0 Å². The third kappa shape index (κ3) is 1.63. The first-order valence-corrected chi connectivity index (χ1v) is 4.43. The molecule has 0 aromatic heterocycles. The summed E-state index contributed by atoms with van der Waals surface area (Å²) < 4.78 is 32.0. The van der Waals surface area contributed by atoms with E-state index in [1.165, 1.54) is 12.1 Å². The molecule has 1 saturated heterocycles. The van der Waals surface area contributed by atoms with Crippen molar-refractivity contribution in [3.63, 3.8) is 0 Å². The molecule has 2 atom stereocenters. The van der Waals surface area contributed by atoms with Gasteiger partial charge in [0.2, 0.25) is 0 Å². The van der Waals surface area contributed by atoms with Gasteiger partial charge in [-0.3, -0.25) is 0 Å². The number of hydrogen-bond donors (Lipinski definition) is 1. The highest BCUT2D eigenvalue weighted by molar-refractivity contribution is 5.22. The van der Waals surface area contributed by atoms with Gasteiger partial charge in [-0.25, -0.2) is 0 Å². The zero-order valence-corrected chi connectivity index (χ0v) is 7.49. The van der Waals surface area contributed by atoms with Crippen molar-refractivity contribution in [2.45, 2.75) is 18.1 Å². The summed E-state index contributed by atoms with van der Waals surface area (Å²) >= 11 is 0. The van der Waals surface area contributed by atoms with Gasteiger partial charge in [-0.2, -0.15) is 8.78 Å². The summed E-state index contributed by atoms with van der Waals surface area (Å²) in [6.45, 7) is 0.337. The Bertz CT molecular complexity index is 311. The highest BCUT2D eigenvalue weighted by Crippen LogP contribution is 2.35. The second-order valence-corrected chi connectivity index (χ2v) is 3.39. The average Bonchev–Trinajstić information content (AvgIpc) is 3.01. The van der Waals surface area contributed by atoms with Crippen LogP contribution in [0.2, 0.25) is 0 Å². The van der Waals surface area contributed by atoms with Crippen LogP contribution in [0, 0.1) is 0 Å². The van der Waals surface area contributed by atoms with Gasteiger partial charge in [0.15, 0.2) is 0 Å². The monoisotopic (exact) mass is 199 g/mol. The summed E-state index contributed by atoms with van der Waals surface area (Å²) in [5.41, 5.74) is 5.36. The smallest absolute Gasteiger partial charge is 0.290 e. The predicted molar refractivity (Wildman–Crippen MR) is 48.1 cm³/mol. The lowest BCUT2D eigenvalue weighted by Crippen LogP contribution is -2.43. The molecule has 0 aliphatic carbocycles. The van der Waals surface area contributed by atoms with E-state index in [9.17, 15) is 8.78 Å². The molecule has 4 heteroatoms. The van der Waals surface area contributed by atoms with Crippen LogP contribution in [-0.4, -0.2) is 18.8 Å². The summed E-state index contributed by atoms with van der Waals surface area (Å²) in [6.07, 6.45) is -0.495. The van der Waals surface area contributed by atoms with Gasteiger partial charge in [-0.15, -0.1) is 0 Å². The molecule has 2 N–H and O–H groups in total. The van der Waals surface area contributed by atoms with Crippen LogP contribution in [0.4, 0.5) is 8.78 Å². The van der Waals surface area contributed by atoms with E-state index in [4.69, 9.17) is 10.5 Å². The van der Waals surface area contributed by atoms with Crippen LogP contribution in [-0.2, 0) is 10.7 Å². The van der Waals surface area contributed by atoms with E-state index >= 15 is 0 Å². The van der Waals surface area contributed by atoms with E-state index in [1.807, 2.05) is 0 Å². The van der Waals surface area contributed by atoms with E-state index in [1.54, 1.807) is 18.2 Å². The largest absolute Gasteiger partial charge is 0.371 e. The molecule has 14 heavy (non-hydrogen) atoms. The van der Waals surface area contributed by atoms with Crippen LogP contribution in [0.15, 0.2) is 30.3 Å². The van der Waals surface area contributed by atoms with E-state index in [-0.39, 0.29) is 5.56 Å². The number of nitrogens with two attached hydrogens (primary N) is 1. The first kappa shape index (κ1) is 9.55. The highest BCUT2D eigenvalue weighted by Gasteiger charge is 2.48. The quantitative estimate of drug-likeness (QED) is 0.749. The predicted octanol–water partition coefficient (Wildman–Crippen LogP) is 1.50. The van der Waals surface area contributed by atoms with Gasteiger partial charge in [0, 0.05) is 5.56 Å². The summed E-state index contributed by atoms with van der Waals surface area (Å²) in [6, 6.07) is 6.35. The first-order chi connectivity index (χ1) is 6.62. The number of ether oxygens (including phenoxy) is 1. The normalized spacial score (nSPS) is 23.2. The van der Waals surface area contributed by atoms with Gasteiger partial charge < -0.3 is 10.5 Å². The zero-order chi connectivity index (χ0) is 10.2. The molecule has 76 valence electrons. The fourth-order valence-corrected chi connectivity index (χ4v) is 1.35. The summed E-state index contributed by atoms with van der Waals surface area (Å²) in [5, 5.41) is 0. The molecular formula is C10H11F2NO. The minimum Gasteiger partial charge on any atom is -0.371 e. The average molecular weight is 199 g/mol. The van der Waals surface area contributed by atoms with Crippen molar-refractivity contribution in [2.75, 3.05) is 6.61 Å². The summed E-state index contributed by atoms with van der Waals surface area (Å²) in [7, 11) is 0. The molecule has 1 aliphatic heterocycles. The van der Waals surface area contributed by atoms with Crippen LogP contribution in [0.1, 0.15) is 5.56 Å². The topological polar surface area (TPSA) is 38.5 Å². The molecule has 1 aromatic carbocycles. The maximum absolute atomic E-state index is 13.6. The first-order valence-electron chi connectivity index (χ1n) is 4.43. The molecule has 0 bridgehead atoms. The Morgan fingerprint density at radius 3 is 2.43 bits per heavy atom. The molecule has 1 aliphatic rings. The second kappa shape index (κ2) is 3.29. The van der Waals surface area contributed by atoms with Gasteiger partial charge in [0.25, 0.3) is 5.92 Å². The van der Waals surface area contributed by atoms with Crippen molar-refractivity contribution >= 4 is 0 Å². The van der Waals surface area contributed by atoms with Gasteiger partial charge in [0.05, 0.1) is 6.61 Å². The van der Waals surface area contributed by atoms with E-state index in [0.717, 1.165) is 0 Å². The van der Waals surface area contributed by atoms with Crippen molar-refractivity contribution in [3.05, 3.63) is 35.9 Å². The second-order valence-electron chi connectivity index (χ2n) is 3.39. The molecule has 0 amide bonds. The Morgan fingerprint density at radius 1 is 1.36 bits per heavy atom. The number of alkyl halides is 2. The number of rotatable bonds is 3. The lowest BCUT2D eigenvalue weighted by atomic mass is 10.00. The maximum atomic E-state index is 13.6. The molecule has 0 saturated carbocycles. The van der Waals surface area contributed by atoms with Crippen molar-refractivity contribution < 1.29 is 13.5 Å². The molecule has 2 nitrogen and oxygen atoms in total. The van der Waals surface area contributed by atoms with Crippen LogP contribution in [0.5, 0.6) is 0 Å². The van der Waals surface area contributed by atoms with Crippen molar-refractivity contribution in [3.8, 4) is 0 Å². The SMILES string of the molecule is N[C@H]([C@@H]1CO1)C(F)(F)c1ccccc1. The molecule has 0 radical (unpaired) electrons. The minimum absolute atomic E-state index is 0.0528. The third-order valence-electron chi connectivity index (χ3n) is 2.34. The Kier molecular flexibility index (Phi) is 2.25. The number of halogens is 2. The Balaban J connectivity index is 2.22. The Morgan fingerprint density at radius 2 is 1.93 bits per heavy atom. The third-order valence-corrected chi connectivity index (χ3v) is 2.34. The summed E-state index contributed by atoms with van der Waals surface area (Å²) in [4.78, 5) is 0. The molecule has 0 spiro atoms. The van der Waals surface area contributed by atoms with Gasteiger partial charge >= 0.3 is 0 Å². The van der Waals surface area contributed by atoms with E-state index < -0.39 is 18.1 Å². The van der Waals surface area contributed by atoms with Crippen molar-refractivity contribution in [1.29, 1.82) is 0 Å². The lowest BCUT2D eigenvalue weighted by Gasteiger charge is -2.22. The van der Waals surface area contributed by atoms with E-state index in [0.29, 0.717) is 6.61 Å². The van der Waals surface area contributed by atoms with Crippen LogP contribution in [0.3, 0.4) is 0 Å². The van der Waals surface area contributed by atoms with Crippen LogP contribution < -0.4 is 5.73 Å². The molecule has 1 heterocycles. The van der Waals surface area contributed by atoms with Gasteiger partial charge in [-0.1, -0.05) is 30.3 Å².